The SMILES string of the molecule is CCNC1CC(c2oc3ccccc3c2CC)C1(C)CC. The minimum atomic E-state index is 0.313. The highest BCUT2D eigenvalue weighted by Crippen LogP contribution is 2.56. The Labute approximate surface area is 127 Å². The molecule has 1 fully saturated rings. The van der Waals surface area contributed by atoms with E-state index in [1.807, 2.05) is 0 Å². The number of fused-ring (bicyclic) bond motifs is 1. The van der Waals surface area contributed by atoms with Crippen LogP contribution >= 0.6 is 0 Å². The molecule has 0 radical (unpaired) electrons. The first-order valence-corrected chi connectivity index (χ1v) is 8.39. The zero-order chi connectivity index (χ0) is 15.0. The van der Waals surface area contributed by atoms with Crippen molar-refractivity contribution in [2.45, 2.75) is 58.9 Å². The summed E-state index contributed by atoms with van der Waals surface area (Å²) in [6.07, 6.45) is 3.44. The molecule has 1 saturated carbocycles. The van der Waals surface area contributed by atoms with Crippen LogP contribution in [0.1, 0.15) is 57.8 Å². The van der Waals surface area contributed by atoms with Crippen LogP contribution in [0, 0.1) is 5.41 Å². The van der Waals surface area contributed by atoms with E-state index in [-0.39, 0.29) is 0 Å². The van der Waals surface area contributed by atoms with Gasteiger partial charge in [0.05, 0.1) is 0 Å². The molecule has 21 heavy (non-hydrogen) atoms. The average molecular weight is 285 g/mol. The van der Waals surface area contributed by atoms with Gasteiger partial charge in [-0.3, -0.25) is 0 Å². The van der Waals surface area contributed by atoms with Crippen LogP contribution in [0.5, 0.6) is 0 Å². The highest BCUT2D eigenvalue weighted by molar-refractivity contribution is 5.82. The number of rotatable bonds is 5. The maximum Gasteiger partial charge on any atom is 0.134 e. The van der Waals surface area contributed by atoms with Crippen LogP contribution in [-0.2, 0) is 6.42 Å². The summed E-state index contributed by atoms with van der Waals surface area (Å²) >= 11 is 0. The molecule has 1 aliphatic carbocycles. The summed E-state index contributed by atoms with van der Waals surface area (Å²) in [5, 5.41) is 4.96. The van der Waals surface area contributed by atoms with E-state index in [1.165, 1.54) is 29.6 Å². The van der Waals surface area contributed by atoms with Crippen molar-refractivity contribution in [2.24, 2.45) is 5.41 Å². The van der Waals surface area contributed by atoms with Gasteiger partial charge in [0, 0.05) is 22.9 Å². The lowest BCUT2D eigenvalue weighted by molar-refractivity contribution is 0.0335. The minimum absolute atomic E-state index is 0.313. The molecule has 1 aromatic carbocycles. The molecular formula is C19H27NO. The number of para-hydroxylation sites is 1. The predicted octanol–water partition coefficient (Wildman–Crippen LogP) is 4.88. The van der Waals surface area contributed by atoms with E-state index in [9.17, 15) is 0 Å². The molecular weight excluding hydrogens is 258 g/mol. The van der Waals surface area contributed by atoms with E-state index >= 15 is 0 Å². The average Bonchev–Trinajstić information content (AvgIpc) is 2.87. The summed E-state index contributed by atoms with van der Waals surface area (Å²) < 4.78 is 6.29. The highest BCUT2D eigenvalue weighted by Gasteiger charge is 2.52. The van der Waals surface area contributed by atoms with E-state index in [1.54, 1.807) is 0 Å². The Morgan fingerprint density at radius 2 is 2.00 bits per heavy atom. The topological polar surface area (TPSA) is 25.2 Å². The zero-order valence-electron chi connectivity index (χ0n) is 13.7. The quantitative estimate of drug-likeness (QED) is 0.847. The lowest BCUT2D eigenvalue weighted by atomic mass is 9.55. The Hall–Kier alpha value is -1.28. The normalized spacial score (nSPS) is 28.8. The first-order valence-electron chi connectivity index (χ1n) is 8.39. The molecule has 2 aromatic rings. The Kier molecular flexibility index (Phi) is 3.83. The fourth-order valence-corrected chi connectivity index (χ4v) is 4.08. The van der Waals surface area contributed by atoms with Crippen molar-refractivity contribution in [1.82, 2.24) is 5.32 Å². The van der Waals surface area contributed by atoms with Crippen LogP contribution in [-0.4, -0.2) is 12.6 Å². The van der Waals surface area contributed by atoms with Gasteiger partial charge >= 0.3 is 0 Å². The summed E-state index contributed by atoms with van der Waals surface area (Å²) in [5.41, 5.74) is 2.79. The Morgan fingerprint density at radius 1 is 1.24 bits per heavy atom. The van der Waals surface area contributed by atoms with Gasteiger partial charge in [-0.05, 0) is 37.3 Å². The van der Waals surface area contributed by atoms with Crippen LogP contribution in [0.25, 0.3) is 11.0 Å². The van der Waals surface area contributed by atoms with Crippen LogP contribution < -0.4 is 5.32 Å². The second-order valence-electron chi connectivity index (χ2n) is 6.55. The molecule has 0 aliphatic heterocycles. The first kappa shape index (κ1) is 14.6. The van der Waals surface area contributed by atoms with Gasteiger partial charge < -0.3 is 9.73 Å². The van der Waals surface area contributed by atoms with Crippen LogP contribution in [0.4, 0.5) is 0 Å². The van der Waals surface area contributed by atoms with Crippen molar-refractivity contribution in [1.29, 1.82) is 0 Å². The molecule has 3 unspecified atom stereocenters. The second-order valence-corrected chi connectivity index (χ2v) is 6.55. The third-order valence-electron chi connectivity index (χ3n) is 5.68. The maximum atomic E-state index is 6.29. The summed E-state index contributed by atoms with van der Waals surface area (Å²) in [6, 6.07) is 9.10. The summed E-state index contributed by atoms with van der Waals surface area (Å²) in [5.74, 6) is 1.80. The van der Waals surface area contributed by atoms with Crippen LogP contribution in [0.15, 0.2) is 28.7 Å². The van der Waals surface area contributed by atoms with Gasteiger partial charge in [0.15, 0.2) is 0 Å². The molecule has 0 spiro atoms. The molecule has 1 aromatic heterocycles. The smallest absolute Gasteiger partial charge is 0.134 e. The Bertz CT molecular complexity index is 630. The highest BCUT2D eigenvalue weighted by atomic mass is 16.3. The lowest BCUT2D eigenvalue weighted by Gasteiger charge is -2.54. The predicted molar refractivity (Wildman–Crippen MR) is 88.8 cm³/mol. The monoisotopic (exact) mass is 285 g/mol. The minimum Gasteiger partial charge on any atom is -0.460 e. The molecule has 3 atom stereocenters. The van der Waals surface area contributed by atoms with Gasteiger partial charge in [0.25, 0.3) is 0 Å². The van der Waals surface area contributed by atoms with E-state index in [0.717, 1.165) is 18.5 Å². The van der Waals surface area contributed by atoms with Gasteiger partial charge in [0.2, 0.25) is 0 Å². The van der Waals surface area contributed by atoms with Gasteiger partial charge in [-0.25, -0.2) is 0 Å². The van der Waals surface area contributed by atoms with Gasteiger partial charge in [-0.2, -0.15) is 0 Å². The number of aryl methyl sites for hydroxylation is 1. The van der Waals surface area contributed by atoms with Crippen molar-refractivity contribution in [3.8, 4) is 0 Å². The van der Waals surface area contributed by atoms with E-state index in [2.05, 4.69) is 57.3 Å². The molecule has 2 heteroatoms. The van der Waals surface area contributed by atoms with Crippen molar-refractivity contribution < 1.29 is 4.42 Å². The summed E-state index contributed by atoms with van der Waals surface area (Å²) in [7, 11) is 0. The number of hydrogen-bond donors (Lipinski definition) is 1. The molecule has 1 aliphatic rings. The number of furan rings is 1. The molecule has 0 amide bonds. The molecule has 1 N–H and O–H groups in total. The lowest BCUT2D eigenvalue weighted by Crippen LogP contribution is -2.56. The summed E-state index contributed by atoms with van der Waals surface area (Å²) in [4.78, 5) is 0. The largest absolute Gasteiger partial charge is 0.460 e. The van der Waals surface area contributed by atoms with Crippen molar-refractivity contribution in [3.63, 3.8) is 0 Å². The van der Waals surface area contributed by atoms with E-state index in [0.29, 0.717) is 17.4 Å². The van der Waals surface area contributed by atoms with E-state index < -0.39 is 0 Å². The maximum absolute atomic E-state index is 6.29. The molecule has 3 rings (SSSR count). The number of nitrogens with one attached hydrogen (secondary N) is 1. The van der Waals surface area contributed by atoms with Crippen LogP contribution in [0.3, 0.4) is 0 Å². The number of hydrogen-bond acceptors (Lipinski definition) is 2. The summed E-state index contributed by atoms with van der Waals surface area (Å²) in [6.45, 7) is 10.2. The fraction of sp³-hybridized carbons (Fsp3) is 0.579. The van der Waals surface area contributed by atoms with Crippen LogP contribution in [0.2, 0.25) is 0 Å². The first-order chi connectivity index (χ1) is 10.2. The van der Waals surface area contributed by atoms with E-state index in [4.69, 9.17) is 4.42 Å². The molecule has 2 nitrogen and oxygen atoms in total. The Morgan fingerprint density at radius 3 is 2.67 bits per heavy atom. The molecule has 0 saturated heterocycles. The van der Waals surface area contributed by atoms with Gasteiger partial charge in [-0.15, -0.1) is 0 Å². The molecule has 114 valence electrons. The van der Waals surface area contributed by atoms with Gasteiger partial charge in [0.1, 0.15) is 11.3 Å². The van der Waals surface area contributed by atoms with Crippen molar-refractivity contribution in [2.75, 3.05) is 6.54 Å². The zero-order valence-corrected chi connectivity index (χ0v) is 13.7. The Balaban J connectivity index is 2.01. The second kappa shape index (κ2) is 5.49. The third-order valence-corrected chi connectivity index (χ3v) is 5.68. The molecule has 1 heterocycles. The fourth-order valence-electron chi connectivity index (χ4n) is 4.08. The van der Waals surface area contributed by atoms with Crippen molar-refractivity contribution in [3.05, 3.63) is 35.6 Å². The third kappa shape index (κ3) is 2.12. The standard InChI is InChI=1S/C19H27NO/c1-5-13-14-10-8-9-11-16(14)21-18(13)15-12-17(20-7-3)19(15,4)6-2/h8-11,15,17,20H,5-7,12H2,1-4H3. The van der Waals surface area contributed by atoms with Crippen molar-refractivity contribution >= 4 is 11.0 Å². The van der Waals surface area contributed by atoms with Gasteiger partial charge in [-0.1, -0.05) is 45.9 Å². The molecule has 0 bridgehead atoms. The number of benzene rings is 1.